The molecule has 0 N–H and O–H groups in total. The molecule has 0 radical (unpaired) electrons. The number of benzene rings is 8. The van der Waals surface area contributed by atoms with Crippen LogP contribution in [-0.2, 0) is 36.2 Å². The maximum atomic E-state index is 2.39. The molecule has 4 heteroatoms. The van der Waals surface area contributed by atoms with Crippen molar-refractivity contribution in [3.05, 3.63) is 181 Å². The first kappa shape index (κ1) is 43.3. The second-order valence-corrected chi connectivity index (χ2v) is 24.5. The van der Waals surface area contributed by atoms with Gasteiger partial charge < -0.3 is 24.8 Å². The molecule has 0 spiro atoms. The molecule has 0 aliphatic rings. The largest absolute Gasteiger partial charge is 1.00 e. The molecule has 58 heavy (non-hydrogen) atoms. The van der Waals surface area contributed by atoms with Crippen LogP contribution in [0.5, 0.6) is 0 Å². The van der Waals surface area contributed by atoms with Crippen molar-refractivity contribution in [1.29, 1.82) is 0 Å². The Morgan fingerprint density at radius 3 is 1.14 bits per heavy atom. The van der Waals surface area contributed by atoms with E-state index in [1.165, 1.54) is 98.0 Å². The third kappa shape index (κ3) is 8.68. The van der Waals surface area contributed by atoms with Crippen molar-refractivity contribution in [2.45, 2.75) is 52.6 Å². The summed E-state index contributed by atoms with van der Waals surface area (Å²) in [6.45, 7) is 9.14. The minimum atomic E-state index is 0. The molecule has 0 fully saturated rings. The molecule has 10 rings (SSSR count). The fourth-order valence-corrected chi connectivity index (χ4v) is 8.67. The predicted octanol–water partition coefficient (Wildman–Crippen LogP) is 9.76. The van der Waals surface area contributed by atoms with Gasteiger partial charge in [0.15, 0.2) is 0 Å². The van der Waals surface area contributed by atoms with E-state index >= 15 is 0 Å². The van der Waals surface area contributed by atoms with Gasteiger partial charge in [-0.15, -0.1) is 92.3 Å². The van der Waals surface area contributed by atoms with Gasteiger partial charge in [-0.1, -0.05) is 159 Å². The van der Waals surface area contributed by atoms with Crippen LogP contribution in [0.1, 0.15) is 37.8 Å². The van der Waals surface area contributed by atoms with Crippen LogP contribution in [0, 0.1) is 0 Å². The average molecular weight is 887 g/mol. The minimum absolute atomic E-state index is 0. The molecular formula is C54H48Cl2SiZr-2. The van der Waals surface area contributed by atoms with Crippen LogP contribution in [0.15, 0.2) is 170 Å². The third-order valence-corrected chi connectivity index (χ3v) is 10.9. The Labute approximate surface area is 371 Å². The number of hydrogen-bond acceptors (Lipinski definition) is 0. The van der Waals surface area contributed by atoms with E-state index in [0.717, 1.165) is 25.7 Å². The topological polar surface area (TPSA) is 0 Å². The summed E-state index contributed by atoms with van der Waals surface area (Å²) in [7, 11) is 0. The summed E-state index contributed by atoms with van der Waals surface area (Å²) in [6.07, 6.45) is 4.56. The van der Waals surface area contributed by atoms with E-state index in [0.29, 0.717) is 0 Å². The molecule has 0 unspecified atom stereocenters. The van der Waals surface area contributed by atoms with Gasteiger partial charge in [-0.2, -0.15) is 0 Å². The standard InChI is InChI=1S/2C26H21.C2H6Si.2ClH.Zr/c2*1-2-8-21-17-20-10-4-6-13-23(20)26(21)24-14-7-11-19-16-15-18-9-3-5-12-22(18)25(19)24;1-3-2;;;/h2*3-7,9-17H,2,8H2,1H3;1-2H3;2*1H;/q2*-1;;;;+2/p-2. The summed E-state index contributed by atoms with van der Waals surface area (Å²) in [6, 6.07) is 62.3. The molecule has 10 aromatic carbocycles. The van der Waals surface area contributed by atoms with Crippen LogP contribution in [-0.4, -0.2) is 5.43 Å². The van der Waals surface area contributed by atoms with Crippen LogP contribution in [0.4, 0.5) is 0 Å². The van der Waals surface area contributed by atoms with Crippen LogP contribution >= 0.6 is 0 Å². The molecule has 0 heterocycles. The molecule has 0 saturated heterocycles. The monoisotopic (exact) mass is 884 g/mol. The molecule has 0 bridgehead atoms. The Balaban J connectivity index is 0.000000174. The summed E-state index contributed by atoms with van der Waals surface area (Å²) >= 11 is 1.74. The van der Waals surface area contributed by atoms with Crippen LogP contribution < -0.4 is 24.8 Å². The molecule has 0 aliphatic carbocycles. The van der Waals surface area contributed by atoms with Crippen molar-refractivity contribution in [2.24, 2.45) is 0 Å². The summed E-state index contributed by atoms with van der Waals surface area (Å²) in [5, 5.41) is 16.1. The van der Waals surface area contributed by atoms with Crippen LogP contribution in [0.3, 0.4) is 0 Å². The first-order valence-electron chi connectivity index (χ1n) is 20.1. The van der Waals surface area contributed by atoms with Gasteiger partial charge in [-0.05, 0) is 55.9 Å². The number of halogens is 2. The quantitative estimate of drug-likeness (QED) is 0.0887. The SMILES string of the molecule is CCCc1[cH-]c2ccccc2c1-c1cccc2ccc3ccccc3c12.CCCc1[cH-]c2ccccc2c1-c1cccc2ccc3ccccc3c12.C[Si](C)=[Zr+2].[Cl-].[Cl-]. The average Bonchev–Trinajstić information content (AvgIpc) is 3.78. The number of rotatable bonds is 6. The van der Waals surface area contributed by atoms with E-state index < -0.39 is 0 Å². The Morgan fingerprint density at radius 2 is 0.741 bits per heavy atom. The molecule has 288 valence electrons. The number of aryl methyl sites for hydroxylation is 2. The third-order valence-electron chi connectivity index (χ3n) is 10.9. The van der Waals surface area contributed by atoms with Crippen molar-refractivity contribution < 1.29 is 48.1 Å². The zero-order chi connectivity index (χ0) is 38.6. The fourth-order valence-electron chi connectivity index (χ4n) is 8.67. The van der Waals surface area contributed by atoms with Gasteiger partial charge in [0.05, 0.1) is 0 Å². The van der Waals surface area contributed by atoms with Gasteiger partial charge in [-0.3, -0.25) is 0 Å². The fraction of sp³-hybridized carbons (Fsp3) is 0.148. The van der Waals surface area contributed by atoms with Gasteiger partial charge >= 0.3 is 41.9 Å². The van der Waals surface area contributed by atoms with Gasteiger partial charge in [-0.25, -0.2) is 0 Å². The summed E-state index contributed by atoms with van der Waals surface area (Å²) in [5.74, 6) is 0. The molecule has 0 amide bonds. The van der Waals surface area contributed by atoms with E-state index in [1.807, 2.05) is 0 Å². The predicted molar refractivity (Wildman–Crippen MR) is 245 cm³/mol. The van der Waals surface area contributed by atoms with E-state index in [4.69, 9.17) is 0 Å². The molecule has 0 nitrogen and oxygen atoms in total. The summed E-state index contributed by atoms with van der Waals surface area (Å²) < 4.78 is 0. The van der Waals surface area contributed by atoms with Gasteiger partial charge in [0.2, 0.25) is 0 Å². The van der Waals surface area contributed by atoms with Crippen molar-refractivity contribution in [2.75, 3.05) is 0 Å². The van der Waals surface area contributed by atoms with E-state index in [1.54, 1.807) is 23.3 Å². The molecule has 0 atom stereocenters. The van der Waals surface area contributed by atoms with Gasteiger partial charge in [0.25, 0.3) is 0 Å². The van der Waals surface area contributed by atoms with Crippen LogP contribution in [0.2, 0.25) is 13.1 Å². The Kier molecular flexibility index (Phi) is 14.7. The molecule has 0 aliphatic heterocycles. The molecule has 10 aromatic rings. The zero-order valence-electron chi connectivity index (χ0n) is 33.8. The zero-order valence-corrected chi connectivity index (χ0v) is 38.7. The Bertz CT molecular complexity index is 2800. The van der Waals surface area contributed by atoms with Gasteiger partial charge in [0.1, 0.15) is 0 Å². The summed E-state index contributed by atoms with van der Waals surface area (Å²) in [5.41, 5.74) is 8.71. The van der Waals surface area contributed by atoms with Crippen molar-refractivity contribution in [3.63, 3.8) is 0 Å². The molecule has 0 saturated carbocycles. The summed E-state index contributed by atoms with van der Waals surface area (Å²) in [4.78, 5) is 0. The number of hydrogen-bond donors (Lipinski definition) is 0. The molecule has 0 aromatic heterocycles. The van der Waals surface area contributed by atoms with E-state index in [2.05, 4.69) is 197 Å². The van der Waals surface area contributed by atoms with Gasteiger partial charge in [0, 0.05) is 0 Å². The first-order valence-corrected chi connectivity index (χ1v) is 26.3. The van der Waals surface area contributed by atoms with Crippen molar-refractivity contribution in [1.82, 2.24) is 0 Å². The molecular weight excluding hydrogens is 839 g/mol. The second kappa shape index (κ2) is 19.6. The smallest absolute Gasteiger partial charge is 1.00 e. The maximum Gasteiger partial charge on any atom is -1.00 e. The normalized spacial score (nSPS) is 10.9. The Morgan fingerprint density at radius 1 is 0.414 bits per heavy atom. The first-order chi connectivity index (χ1) is 27.5. The van der Waals surface area contributed by atoms with E-state index in [9.17, 15) is 0 Å². The van der Waals surface area contributed by atoms with Crippen LogP contribution in [0.25, 0.3) is 86.9 Å². The second-order valence-electron chi connectivity index (χ2n) is 15.1. The minimum Gasteiger partial charge on any atom is -1.00 e. The maximum absolute atomic E-state index is 2.39. The number of fused-ring (bicyclic) bond motifs is 8. The van der Waals surface area contributed by atoms with E-state index in [-0.39, 0.29) is 30.2 Å². The van der Waals surface area contributed by atoms with Crippen molar-refractivity contribution in [3.8, 4) is 22.3 Å². The van der Waals surface area contributed by atoms with Crippen molar-refractivity contribution >= 4 is 70.1 Å². The Hall–Kier alpha value is -4.30.